The Bertz CT molecular complexity index is 979. The van der Waals surface area contributed by atoms with E-state index in [1.54, 1.807) is 29.2 Å². The number of amides is 1. The van der Waals surface area contributed by atoms with Crippen LogP contribution in [-0.2, 0) is 26.6 Å². The van der Waals surface area contributed by atoms with Gasteiger partial charge in [0.05, 0.1) is 11.5 Å². The third-order valence-corrected chi connectivity index (χ3v) is 7.32. The Kier molecular flexibility index (Phi) is 6.78. The number of nitrogens with zero attached hydrogens (tertiary/aromatic N) is 1. The summed E-state index contributed by atoms with van der Waals surface area (Å²) in [5.74, 6) is 0.426. The monoisotopic (exact) mass is 449 g/mol. The molecule has 1 heterocycles. The van der Waals surface area contributed by atoms with Gasteiger partial charge < -0.3 is 9.64 Å². The molecule has 1 fully saturated rings. The fourth-order valence-corrected chi connectivity index (χ4v) is 5.36. The topological polar surface area (TPSA) is 63.7 Å². The molecule has 0 bridgehead atoms. The number of carbonyl (C=O) groups is 1. The largest absolute Gasteiger partial charge is 0.484 e. The number of rotatable bonds is 6. The average molecular weight is 450 g/mol. The van der Waals surface area contributed by atoms with Crippen molar-refractivity contribution in [1.82, 2.24) is 4.90 Å². The molecule has 0 radical (unpaired) electrons. The van der Waals surface area contributed by atoms with E-state index < -0.39 is 9.84 Å². The number of ether oxygens (including phenoxy) is 1. The van der Waals surface area contributed by atoms with E-state index in [9.17, 15) is 13.2 Å². The van der Waals surface area contributed by atoms with Gasteiger partial charge in [0.15, 0.2) is 16.4 Å². The van der Waals surface area contributed by atoms with E-state index in [1.165, 1.54) is 5.56 Å². The average Bonchev–Trinajstić information content (AvgIpc) is 3.04. The summed E-state index contributed by atoms with van der Waals surface area (Å²) in [4.78, 5) is 14.6. The van der Waals surface area contributed by atoms with Crippen LogP contribution in [0.4, 0.5) is 0 Å². The van der Waals surface area contributed by atoms with Crippen LogP contribution in [0.2, 0.25) is 5.02 Å². The van der Waals surface area contributed by atoms with Crippen molar-refractivity contribution < 1.29 is 17.9 Å². The van der Waals surface area contributed by atoms with E-state index in [2.05, 4.69) is 32.9 Å². The van der Waals surface area contributed by atoms with E-state index in [0.717, 1.165) is 5.56 Å². The first-order chi connectivity index (χ1) is 14.0. The zero-order valence-corrected chi connectivity index (χ0v) is 19.2. The van der Waals surface area contributed by atoms with Crippen LogP contribution in [0.1, 0.15) is 38.3 Å². The smallest absolute Gasteiger partial charge is 0.261 e. The second kappa shape index (κ2) is 8.98. The van der Waals surface area contributed by atoms with Crippen LogP contribution >= 0.6 is 11.6 Å². The van der Waals surface area contributed by atoms with Gasteiger partial charge in [-0.1, -0.05) is 56.6 Å². The lowest BCUT2D eigenvalue weighted by Crippen LogP contribution is -2.43. The standard InChI is InChI=1S/C23H28ClNO4S/c1-23(2,3)18-6-4-17(5-7-18)14-25(20-12-13-30(27,28)16-20)22(26)15-29-21-10-8-19(24)9-11-21/h4-11,20H,12-16H2,1-3H3. The molecule has 0 spiro atoms. The molecule has 0 aliphatic carbocycles. The van der Waals surface area contributed by atoms with Gasteiger partial charge in [0, 0.05) is 17.6 Å². The van der Waals surface area contributed by atoms with Gasteiger partial charge in [0.2, 0.25) is 0 Å². The van der Waals surface area contributed by atoms with Gasteiger partial charge in [-0.05, 0) is 47.2 Å². The molecule has 162 valence electrons. The Morgan fingerprint density at radius 3 is 2.27 bits per heavy atom. The predicted octanol–water partition coefficient (Wildman–Crippen LogP) is 4.23. The molecule has 30 heavy (non-hydrogen) atoms. The number of carbonyl (C=O) groups excluding carboxylic acids is 1. The maximum atomic E-state index is 13.0. The number of hydrogen-bond acceptors (Lipinski definition) is 4. The molecule has 3 rings (SSSR count). The fourth-order valence-electron chi connectivity index (χ4n) is 3.51. The predicted molar refractivity (Wildman–Crippen MR) is 120 cm³/mol. The third kappa shape index (κ3) is 5.99. The molecular formula is C23H28ClNO4S. The van der Waals surface area contributed by atoms with Crippen molar-refractivity contribution in [2.75, 3.05) is 18.1 Å². The van der Waals surface area contributed by atoms with Gasteiger partial charge >= 0.3 is 0 Å². The van der Waals surface area contributed by atoms with Crippen molar-refractivity contribution in [3.8, 4) is 5.75 Å². The number of halogens is 1. The SMILES string of the molecule is CC(C)(C)c1ccc(CN(C(=O)COc2ccc(Cl)cc2)C2CCS(=O)(=O)C2)cc1. The Hall–Kier alpha value is -2.05. The van der Waals surface area contributed by atoms with Crippen LogP contribution in [0.3, 0.4) is 0 Å². The van der Waals surface area contributed by atoms with Crippen LogP contribution in [0.5, 0.6) is 5.75 Å². The second-order valence-corrected chi connectivity index (χ2v) is 11.4. The maximum absolute atomic E-state index is 13.0. The van der Waals surface area contributed by atoms with Crippen molar-refractivity contribution in [2.24, 2.45) is 0 Å². The number of hydrogen-bond donors (Lipinski definition) is 0. The van der Waals surface area contributed by atoms with Crippen molar-refractivity contribution in [2.45, 2.75) is 45.2 Å². The molecule has 0 saturated carbocycles. The molecule has 1 atom stereocenters. The summed E-state index contributed by atoms with van der Waals surface area (Å²) in [7, 11) is -3.11. The fraction of sp³-hybridized carbons (Fsp3) is 0.435. The van der Waals surface area contributed by atoms with Crippen molar-refractivity contribution in [1.29, 1.82) is 0 Å². The van der Waals surface area contributed by atoms with Crippen molar-refractivity contribution in [3.63, 3.8) is 0 Å². The highest BCUT2D eigenvalue weighted by Gasteiger charge is 2.34. The molecule has 1 amide bonds. The Balaban J connectivity index is 1.74. The summed E-state index contributed by atoms with van der Waals surface area (Å²) < 4.78 is 29.6. The first-order valence-electron chi connectivity index (χ1n) is 10.0. The normalized spacial score (nSPS) is 18.2. The zero-order valence-electron chi connectivity index (χ0n) is 17.6. The highest BCUT2D eigenvalue weighted by Crippen LogP contribution is 2.25. The zero-order chi connectivity index (χ0) is 21.9. The minimum absolute atomic E-state index is 0.000238. The van der Waals surface area contributed by atoms with Gasteiger partial charge in [-0.25, -0.2) is 8.42 Å². The Morgan fingerprint density at radius 1 is 1.10 bits per heavy atom. The summed E-state index contributed by atoms with van der Waals surface area (Å²) in [6, 6.07) is 14.6. The molecule has 1 unspecified atom stereocenters. The molecular weight excluding hydrogens is 422 g/mol. The summed E-state index contributed by atoms with van der Waals surface area (Å²) in [6.07, 6.45) is 0.453. The summed E-state index contributed by atoms with van der Waals surface area (Å²) in [6.45, 7) is 6.64. The molecule has 1 aliphatic heterocycles. The van der Waals surface area contributed by atoms with Crippen LogP contribution in [-0.4, -0.2) is 43.4 Å². The first kappa shape index (κ1) is 22.6. The minimum Gasteiger partial charge on any atom is -0.484 e. The number of sulfone groups is 1. The first-order valence-corrected chi connectivity index (χ1v) is 12.2. The van der Waals surface area contributed by atoms with Crippen LogP contribution in [0, 0.1) is 0 Å². The molecule has 0 aromatic heterocycles. The van der Waals surface area contributed by atoms with Crippen molar-refractivity contribution >= 4 is 27.3 Å². The molecule has 2 aromatic carbocycles. The third-order valence-electron chi connectivity index (χ3n) is 5.32. The Morgan fingerprint density at radius 2 is 1.73 bits per heavy atom. The Labute approximate surface area is 183 Å². The summed E-state index contributed by atoms with van der Waals surface area (Å²) >= 11 is 5.88. The molecule has 1 aliphatic rings. The van der Waals surface area contributed by atoms with Crippen LogP contribution in [0.25, 0.3) is 0 Å². The lowest BCUT2D eigenvalue weighted by Gasteiger charge is -2.29. The maximum Gasteiger partial charge on any atom is 0.261 e. The van der Waals surface area contributed by atoms with Gasteiger partial charge in [-0.3, -0.25) is 4.79 Å². The number of benzene rings is 2. The van der Waals surface area contributed by atoms with Gasteiger partial charge in [-0.15, -0.1) is 0 Å². The van der Waals surface area contributed by atoms with Gasteiger partial charge in [0.1, 0.15) is 5.75 Å². The minimum atomic E-state index is -3.11. The molecule has 1 saturated heterocycles. The van der Waals surface area contributed by atoms with E-state index >= 15 is 0 Å². The quantitative estimate of drug-likeness (QED) is 0.661. The van der Waals surface area contributed by atoms with Crippen molar-refractivity contribution in [3.05, 3.63) is 64.7 Å². The van der Waals surface area contributed by atoms with Gasteiger partial charge in [-0.2, -0.15) is 0 Å². The highest BCUT2D eigenvalue weighted by molar-refractivity contribution is 7.91. The van der Waals surface area contributed by atoms with Gasteiger partial charge in [0.25, 0.3) is 5.91 Å². The second-order valence-electron chi connectivity index (χ2n) is 8.77. The lowest BCUT2D eigenvalue weighted by atomic mass is 9.86. The molecule has 2 aromatic rings. The highest BCUT2D eigenvalue weighted by atomic mass is 35.5. The molecule has 7 heteroatoms. The lowest BCUT2D eigenvalue weighted by molar-refractivity contribution is -0.136. The summed E-state index contributed by atoms with van der Waals surface area (Å²) in [5.41, 5.74) is 2.21. The van der Waals surface area contributed by atoms with Crippen LogP contribution in [0.15, 0.2) is 48.5 Å². The van der Waals surface area contributed by atoms with Crippen LogP contribution < -0.4 is 4.74 Å². The molecule has 0 N–H and O–H groups in total. The van der Waals surface area contributed by atoms with E-state index in [0.29, 0.717) is 23.7 Å². The molecule has 5 nitrogen and oxygen atoms in total. The van der Waals surface area contributed by atoms with E-state index in [4.69, 9.17) is 16.3 Å². The summed E-state index contributed by atoms with van der Waals surface area (Å²) in [5, 5.41) is 0.588. The van der Waals surface area contributed by atoms with E-state index in [1.807, 2.05) is 12.1 Å². The van der Waals surface area contributed by atoms with E-state index in [-0.39, 0.29) is 35.5 Å².